The van der Waals surface area contributed by atoms with Gasteiger partial charge in [0.1, 0.15) is 36.6 Å². The van der Waals surface area contributed by atoms with Gasteiger partial charge in [0.2, 0.25) is 0 Å². The molecule has 1 heterocycles. The minimum Gasteiger partial charge on any atom is -0.467 e. The molecule has 0 unspecified atom stereocenters. The molecule has 0 saturated carbocycles. The van der Waals surface area contributed by atoms with Crippen LogP contribution < -0.4 is 5.32 Å². The van der Waals surface area contributed by atoms with Crippen molar-refractivity contribution in [2.45, 2.75) is 102 Å². The van der Waals surface area contributed by atoms with Crippen molar-refractivity contribution in [2.75, 3.05) is 13.7 Å². The third-order valence-corrected chi connectivity index (χ3v) is 10.6. The van der Waals surface area contributed by atoms with Crippen molar-refractivity contribution in [1.82, 2.24) is 10.2 Å². The molecule has 65 heavy (non-hydrogen) atoms. The number of carbonyl (C=O) groups is 3. The van der Waals surface area contributed by atoms with Gasteiger partial charge < -0.3 is 38.5 Å². The van der Waals surface area contributed by atoms with E-state index < -0.39 is 60.2 Å². The number of methoxy groups -OCH3 is 1. The highest BCUT2D eigenvalue weighted by Crippen LogP contribution is 2.36. The van der Waals surface area contributed by atoms with Gasteiger partial charge in [0, 0.05) is 0 Å². The van der Waals surface area contributed by atoms with Gasteiger partial charge in [-0.25, -0.2) is 14.4 Å². The van der Waals surface area contributed by atoms with E-state index in [1.165, 1.54) is 13.2 Å². The Morgan fingerprint density at radius 2 is 1.00 bits per heavy atom. The topological polar surface area (TPSA) is 131 Å². The molecule has 0 spiro atoms. The summed E-state index contributed by atoms with van der Waals surface area (Å²) >= 11 is 0. The number of esters is 1. The number of ether oxygens (including phenoxy) is 7. The number of amides is 2. The number of hydrogen-bond acceptors (Lipinski definition) is 10. The van der Waals surface area contributed by atoms with E-state index in [1.54, 1.807) is 31.7 Å². The minimum absolute atomic E-state index is 0.000434. The SMILES string of the molecule is COC(=O)[C@H](/C=C/C[C@H]1[C@H](OCc2ccccc2)[C@@H](OCc2ccccc2)[C@@H](OCc2ccccc2)[C@H](COCc2ccccc2)N1C(=O)OCc1ccccc1)NC(=O)OC(C)(C)C. The summed E-state index contributed by atoms with van der Waals surface area (Å²) in [6.45, 7) is 6.08. The predicted molar refractivity (Wildman–Crippen MR) is 246 cm³/mol. The second kappa shape index (κ2) is 24.7. The van der Waals surface area contributed by atoms with Crippen LogP contribution >= 0.6 is 0 Å². The molecule has 0 radical (unpaired) electrons. The van der Waals surface area contributed by atoms with Crippen LogP contribution in [0.5, 0.6) is 0 Å². The molecule has 5 aromatic carbocycles. The predicted octanol–water partition coefficient (Wildman–Crippen LogP) is 9.36. The van der Waals surface area contributed by atoms with Crippen molar-refractivity contribution in [3.05, 3.63) is 192 Å². The van der Waals surface area contributed by atoms with Crippen LogP contribution in [0.4, 0.5) is 9.59 Å². The van der Waals surface area contributed by atoms with Crippen LogP contribution in [-0.2, 0) is 71.0 Å². The van der Waals surface area contributed by atoms with E-state index in [0.29, 0.717) is 0 Å². The fourth-order valence-electron chi connectivity index (χ4n) is 7.55. The van der Waals surface area contributed by atoms with Gasteiger partial charge in [0.05, 0.1) is 52.2 Å². The summed E-state index contributed by atoms with van der Waals surface area (Å²) in [4.78, 5) is 42.7. The summed E-state index contributed by atoms with van der Waals surface area (Å²) in [6, 6.07) is 45.8. The van der Waals surface area contributed by atoms with Crippen LogP contribution in [0, 0.1) is 0 Å². The standard InChI is InChI=1S/C53H60N2O10/c1-53(2,3)65-51(57)54-44(50(56)59-4)31-20-32-45-47(61-34-40-23-12-6-13-24-40)49(63-36-42-27-16-8-17-28-42)48(62-35-41-25-14-7-15-26-41)46(38-60-33-39-21-10-5-11-22-39)55(45)52(58)64-37-43-29-18-9-19-30-43/h5-31,44-49H,32-38H2,1-4H3,(H,54,57)/b31-20+/t44-,45-,46-,47-,48-,49+/m0/s1. The van der Waals surface area contributed by atoms with Crippen LogP contribution in [0.1, 0.15) is 55.0 Å². The molecular weight excluding hydrogens is 825 g/mol. The first kappa shape index (κ1) is 48.2. The molecule has 1 saturated heterocycles. The molecule has 5 aromatic rings. The first-order valence-corrected chi connectivity index (χ1v) is 21.9. The van der Waals surface area contributed by atoms with E-state index in [2.05, 4.69) is 5.32 Å². The Hall–Kier alpha value is -6.31. The molecule has 12 nitrogen and oxygen atoms in total. The molecule has 0 aromatic heterocycles. The number of hydrogen-bond donors (Lipinski definition) is 1. The number of nitrogens with one attached hydrogen (secondary N) is 1. The van der Waals surface area contributed by atoms with Crippen molar-refractivity contribution < 1.29 is 47.5 Å². The molecule has 342 valence electrons. The van der Waals surface area contributed by atoms with Crippen LogP contribution in [-0.4, -0.2) is 78.8 Å². The highest BCUT2D eigenvalue weighted by Gasteiger charge is 2.53. The molecule has 1 aliphatic heterocycles. The quantitative estimate of drug-likeness (QED) is 0.0459. The van der Waals surface area contributed by atoms with Crippen LogP contribution in [0.3, 0.4) is 0 Å². The molecule has 1 aliphatic rings. The summed E-state index contributed by atoms with van der Waals surface area (Å²) in [6.07, 6.45) is -0.479. The summed E-state index contributed by atoms with van der Waals surface area (Å²) in [5, 5.41) is 2.61. The summed E-state index contributed by atoms with van der Waals surface area (Å²) in [7, 11) is 1.24. The molecule has 1 fully saturated rings. The second-order valence-electron chi connectivity index (χ2n) is 16.7. The first-order valence-electron chi connectivity index (χ1n) is 21.9. The van der Waals surface area contributed by atoms with Gasteiger partial charge in [-0.05, 0) is 55.0 Å². The number of benzene rings is 5. The lowest BCUT2D eigenvalue weighted by Gasteiger charge is -2.52. The number of rotatable bonds is 20. The number of alkyl carbamates (subject to hydrolysis) is 1. The molecule has 6 atom stereocenters. The number of nitrogens with zero attached hydrogens (tertiary/aromatic N) is 1. The van der Waals surface area contributed by atoms with Crippen molar-refractivity contribution in [3.63, 3.8) is 0 Å². The fourth-order valence-corrected chi connectivity index (χ4v) is 7.55. The Bertz CT molecular complexity index is 2210. The van der Waals surface area contributed by atoms with Gasteiger partial charge in [-0.15, -0.1) is 0 Å². The average molecular weight is 885 g/mol. The Labute approximate surface area is 382 Å². The highest BCUT2D eigenvalue weighted by atomic mass is 16.6. The largest absolute Gasteiger partial charge is 0.467 e. The molecule has 0 aliphatic carbocycles. The lowest BCUT2D eigenvalue weighted by atomic mass is 9.85. The fraction of sp³-hybridized carbons (Fsp3) is 0.340. The maximum Gasteiger partial charge on any atom is 0.410 e. The Balaban J connectivity index is 1.45. The maximum absolute atomic E-state index is 15.0. The second-order valence-corrected chi connectivity index (χ2v) is 16.7. The molecule has 1 N–H and O–H groups in total. The smallest absolute Gasteiger partial charge is 0.410 e. The molecule has 6 rings (SSSR count). The molecule has 12 heteroatoms. The number of likely N-dealkylation sites (tertiary alicyclic amines) is 1. The number of carbonyl (C=O) groups excluding carboxylic acids is 3. The summed E-state index contributed by atoms with van der Waals surface area (Å²) in [5.74, 6) is -0.711. The van der Waals surface area contributed by atoms with E-state index in [1.807, 2.05) is 152 Å². The summed E-state index contributed by atoms with van der Waals surface area (Å²) < 4.78 is 44.1. The van der Waals surface area contributed by atoms with Crippen LogP contribution in [0.25, 0.3) is 0 Å². The van der Waals surface area contributed by atoms with Gasteiger partial charge in [0.15, 0.2) is 0 Å². The highest BCUT2D eigenvalue weighted by molar-refractivity contribution is 5.83. The molecule has 0 bridgehead atoms. The zero-order valence-electron chi connectivity index (χ0n) is 37.5. The van der Waals surface area contributed by atoms with Crippen molar-refractivity contribution in [3.8, 4) is 0 Å². The third-order valence-electron chi connectivity index (χ3n) is 10.6. The van der Waals surface area contributed by atoms with E-state index >= 15 is 4.79 Å². The Morgan fingerprint density at radius 3 is 1.45 bits per heavy atom. The summed E-state index contributed by atoms with van der Waals surface area (Å²) in [5.41, 5.74) is 3.71. The van der Waals surface area contributed by atoms with Crippen molar-refractivity contribution >= 4 is 18.2 Å². The van der Waals surface area contributed by atoms with Crippen molar-refractivity contribution in [2.24, 2.45) is 0 Å². The minimum atomic E-state index is -1.21. The number of piperidine rings is 1. The van der Waals surface area contributed by atoms with Gasteiger partial charge in [-0.3, -0.25) is 4.90 Å². The monoisotopic (exact) mass is 884 g/mol. The average Bonchev–Trinajstić information content (AvgIpc) is 3.32. The van der Waals surface area contributed by atoms with Gasteiger partial charge in [-0.2, -0.15) is 0 Å². The lowest BCUT2D eigenvalue weighted by molar-refractivity contribution is -0.222. The van der Waals surface area contributed by atoms with Gasteiger partial charge in [-0.1, -0.05) is 164 Å². The molecule has 2 amide bonds. The van der Waals surface area contributed by atoms with Crippen LogP contribution in [0.2, 0.25) is 0 Å². The van der Waals surface area contributed by atoms with Crippen molar-refractivity contribution in [1.29, 1.82) is 0 Å². The van der Waals surface area contributed by atoms with E-state index in [0.717, 1.165) is 27.8 Å². The van der Waals surface area contributed by atoms with Gasteiger partial charge in [0.25, 0.3) is 0 Å². The Kier molecular flexibility index (Phi) is 18.3. The zero-order chi connectivity index (χ0) is 45.9. The molecular formula is C53H60N2O10. The third kappa shape index (κ3) is 15.1. The van der Waals surface area contributed by atoms with Gasteiger partial charge >= 0.3 is 18.2 Å². The lowest BCUT2D eigenvalue weighted by Crippen LogP contribution is -2.70. The van der Waals surface area contributed by atoms with Crippen LogP contribution in [0.15, 0.2) is 164 Å². The van der Waals surface area contributed by atoms with E-state index in [-0.39, 0.29) is 46.1 Å². The Morgan fingerprint density at radius 1 is 0.585 bits per heavy atom. The van der Waals surface area contributed by atoms with E-state index in [4.69, 9.17) is 33.2 Å². The normalized spacial score (nSPS) is 19.0. The first-order chi connectivity index (χ1) is 31.6. The van der Waals surface area contributed by atoms with E-state index in [9.17, 15) is 9.59 Å². The maximum atomic E-state index is 15.0. The zero-order valence-corrected chi connectivity index (χ0v) is 37.5.